The molecule has 16 heavy (non-hydrogen) atoms. The van der Waals surface area contributed by atoms with Crippen molar-refractivity contribution in [2.45, 2.75) is 26.2 Å². The van der Waals surface area contributed by atoms with Crippen molar-refractivity contribution in [3.8, 4) is 0 Å². The molecule has 0 aromatic rings. The smallest absolute Gasteiger partial charge is 0.235 e. The van der Waals surface area contributed by atoms with Crippen LogP contribution in [0.1, 0.15) is 26.2 Å². The van der Waals surface area contributed by atoms with Crippen molar-refractivity contribution in [3.05, 3.63) is 0 Å². The standard InChI is InChI=1S/C10H22N2O3S/c1-3-4-5-8-16(14,15)9-10(13)12-7-6-11-2/h11H,3-9H2,1-2H3,(H,12,13). The average Bonchev–Trinajstić information content (AvgIpc) is 2.17. The van der Waals surface area contributed by atoms with Crippen LogP contribution in [0.15, 0.2) is 0 Å². The summed E-state index contributed by atoms with van der Waals surface area (Å²) in [5, 5.41) is 5.41. The van der Waals surface area contributed by atoms with E-state index in [9.17, 15) is 13.2 Å². The van der Waals surface area contributed by atoms with E-state index in [2.05, 4.69) is 10.6 Å². The molecule has 96 valence electrons. The van der Waals surface area contributed by atoms with Crippen LogP contribution in [0, 0.1) is 0 Å². The fourth-order valence-corrected chi connectivity index (χ4v) is 2.51. The van der Waals surface area contributed by atoms with Gasteiger partial charge in [-0.2, -0.15) is 0 Å². The second kappa shape index (κ2) is 8.52. The molecule has 0 bridgehead atoms. The first-order valence-electron chi connectivity index (χ1n) is 5.63. The average molecular weight is 250 g/mol. The number of carbonyl (C=O) groups is 1. The fraction of sp³-hybridized carbons (Fsp3) is 0.900. The maximum atomic E-state index is 11.5. The Balaban J connectivity index is 3.82. The molecular weight excluding hydrogens is 228 g/mol. The molecule has 1 amide bonds. The van der Waals surface area contributed by atoms with E-state index in [1.165, 1.54) is 0 Å². The van der Waals surface area contributed by atoms with E-state index in [0.717, 1.165) is 12.8 Å². The van der Waals surface area contributed by atoms with E-state index >= 15 is 0 Å². The Hall–Kier alpha value is -0.620. The van der Waals surface area contributed by atoms with Crippen LogP contribution in [0.25, 0.3) is 0 Å². The van der Waals surface area contributed by atoms with Crippen LogP contribution in [0.2, 0.25) is 0 Å². The van der Waals surface area contributed by atoms with E-state index in [0.29, 0.717) is 19.5 Å². The van der Waals surface area contributed by atoms with Crippen LogP contribution in [0.3, 0.4) is 0 Å². The van der Waals surface area contributed by atoms with Gasteiger partial charge in [0.2, 0.25) is 5.91 Å². The first-order chi connectivity index (χ1) is 7.52. The normalized spacial score (nSPS) is 11.4. The number of likely N-dealkylation sites (N-methyl/N-ethyl adjacent to an activating group) is 1. The molecule has 0 saturated heterocycles. The summed E-state index contributed by atoms with van der Waals surface area (Å²) in [6.45, 7) is 3.11. The topological polar surface area (TPSA) is 75.3 Å². The van der Waals surface area contributed by atoms with E-state index < -0.39 is 15.7 Å². The molecule has 0 aliphatic rings. The SMILES string of the molecule is CCCCCS(=O)(=O)CC(=O)NCCNC. The molecule has 0 fully saturated rings. The van der Waals surface area contributed by atoms with Crippen LogP contribution < -0.4 is 10.6 Å². The lowest BCUT2D eigenvalue weighted by atomic mass is 10.3. The number of hydrogen-bond acceptors (Lipinski definition) is 4. The minimum atomic E-state index is -3.22. The number of amides is 1. The molecule has 0 aromatic heterocycles. The predicted octanol–water partition coefficient (Wildman–Crippen LogP) is -0.0730. The molecule has 5 nitrogen and oxygen atoms in total. The Morgan fingerprint density at radius 3 is 2.44 bits per heavy atom. The Morgan fingerprint density at radius 2 is 1.88 bits per heavy atom. The number of nitrogens with one attached hydrogen (secondary N) is 2. The van der Waals surface area contributed by atoms with Crippen molar-refractivity contribution in [1.82, 2.24) is 10.6 Å². The summed E-state index contributed by atoms with van der Waals surface area (Å²) in [5.74, 6) is -0.687. The van der Waals surface area contributed by atoms with Crippen LogP contribution in [0.4, 0.5) is 0 Å². The van der Waals surface area contributed by atoms with E-state index in [-0.39, 0.29) is 11.5 Å². The molecule has 0 aromatic carbocycles. The fourth-order valence-electron chi connectivity index (χ4n) is 1.22. The van der Waals surface area contributed by atoms with Gasteiger partial charge in [-0.1, -0.05) is 19.8 Å². The minimum absolute atomic E-state index is 0.111. The molecule has 0 radical (unpaired) electrons. The zero-order chi connectivity index (χ0) is 12.4. The summed E-state index contributed by atoms with van der Waals surface area (Å²) >= 11 is 0. The zero-order valence-electron chi connectivity index (χ0n) is 10.1. The molecule has 0 aliphatic heterocycles. The third-order valence-corrected chi connectivity index (χ3v) is 3.72. The van der Waals surface area contributed by atoms with Crippen molar-refractivity contribution in [2.75, 3.05) is 31.6 Å². The van der Waals surface area contributed by atoms with Crippen molar-refractivity contribution >= 4 is 15.7 Å². The maximum absolute atomic E-state index is 11.5. The predicted molar refractivity (Wildman–Crippen MR) is 65.1 cm³/mol. The van der Waals surface area contributed by atoms with Crippen LogP contribution in [-0.4, -0.2) is 46.0 Å². The molecule has 0 heterocycles. The minimum Gasteiger partial charge on any atom is -0.354 e. The highest BCUT2D eigenvalue weighted by Gasteiger charge is 2.15. The molecule has 0 atom stereocenters. The number of unbranched alkanes of at least 4 members (excludes halogenated alkanes) is 2. The molecule has 6 heteroatoms. The van der Waals surface area contributed by atoms with Crippen LogP contribution >= 0.6 is 0 Å². The summed E-state index contributed by atoms with van der Waals surface area (Å²) in [7, 11) is -1.45. The molecule has 2 N–H and O–H groups in total. The Labute approximate surface area is 97.9 Å². The Morgan fingerprint density at radius 1 is 1.19 bits per heavy atom. The third-order valence-electron chi connectivity index (χ3n) is 2.11. The first-order valence-corrected chi connectivity index (χ1v) is 7.45. The van der Waals surface area contributed by atoms with Gasteiger partial charge in [0.1, 0.15) is 5.75 Å². The third kappa shape index (κ3) is 8.67. The summed E-state index contributed by atoms with van der Waals surface area (Å²) < 4.78 is 22.9. The summed E-state index contributed by atoms with van der Waals surface area (Å²) in [4.78, 5) is 11.2. The molecule has 0 spiro atoms. The molecule has 0 saturated carbocycles. The van der Waals surface area contributed by atoms with E-state index in [1.54, 1.807) is 7.05 Å². The van der Waals surface area contributed by atoms with E-state index in [1.807, 2.05) is 6.92 Å². The largest absolute Gasteiger partial charge is 0.354 e. The first kappa shape index (κ1) is 15.4. The van der Waals surface area contributed by atoms with Gasteiger partial charge < -0.3 is 10.6 Å². The number of carbonyl (C=O) groups excluding carboxylic acids is 1. The van der Waals surface area contributed by atoms with Gasteiger partial charge in [-0.25, -0.2) is 8.42 Å². The molecule has 0 aliphatic carbocycles. The van der Waals surface area contributed by atoms with Crippen LogP contribution in [-0.2, 0) is 14.6 Å². The van der Waals surface area contributed by atoms with Crippen molar-refractivity contribution in [2.24, 2.45) is 0 Å². The Kier molecular flexibility index (Phi) is 8.19. The lowest BCUT2D eigenvalue weighted by Gasteiger charge is -2.05. The highest BCUT2D eigenvalue weighted by molar-refractivity contribution is 7.92. The van der Waals surface area contributed by atoms with Gasteiger partial charge in [-0.05, 0) is 13.5 Å². The molecule has 0 unspecified atom stereocenters. The lowest BCUT2D eigenvalue weighted by Crippen LogP contribution is -2.35. The summed E-state index contributed by atoms with van der Waals surface area (Å²) in [6, 6.07) is 0. The quantitative estimate of drug-likeness (QED) is 0.562. The molecular formula is C10H22N2O3S. The molecule has 0 rings (SSSR count). The summed E-state index contributed by atoms with van der Waals surface area (Å²) in [6.07, 6.45) is 2.51. The lowest BCUT2D eigenvalue weighted by molar-refractivity contribution is -0.118. The van der Waals surface area contributed by atoms with Gasteiger partial charge in [-0.3, -0.25) is 4.79 Å². The number of hydrogen-bond donors (Lipinski definition) is 2. The van der Waals surface area contributed by atoms with E-state index in [4.69, 9.17) is 0 Å². The van der Waals surface area contributed by atoms with Gasteiger partial charge in [0.15, 0.2) is 9.84 Å². The zero-order valence-corrected chi connectivity index (χ0v) is 10.9. The van der Waals surface area contributed by atoms with Crippen LogP contribution in [0.5, 0.6) is 0 Å². The second-order valence-electron chi connectivity index (χ2n) is 3.75. The van der Waals surface area contributed by atoms with Crippen molar-refractivity contribution in [3.63, 3.8) is 0 Å². The monoisotopic (exact) mass is 250 g/mol. The maximum Gasteiger partial charge on any atom is 0.235 e. The Bertz CT molecular complexity index is 288. The number of rotatable bonds is 9. The van der Waals surface area contributed by atoms with Crippen molar-refractivity contribution < 1.29 is 13.2 Å². The van der Waals surface area contributed by atoms with Gasteiger partial charge >= 0.3 is 0 Å². The van der Waals surface area contributed by atoms with Gasteiger partial charge in [0.25, 0.3) is 0 Å². The highest BCUT2D eigenvalue weighted by atomic mass is 32.2. The van der Waals surface area contributed by atoms with Gasteiger partial charge in [-0.15, -0.1) is 0 Å². The summed E-state index contributed by atoms with van der Waals surface area (Å²) in [5.41, 5.74) is 0. The van der Waals surface area contributed by atoms with Gasteiger partial charge in [0, 0.05) is 13.1 Å². The van der Waals surface area contributed by atoms with Gasteiger partial charge in [0.05, 0.1) is 5.75 Å². The highest BCUT2D eigenvalue weighted by Crippen LogP contribution is 1.99. The number of sulfone groups is 1. The van der Waals surface area contributed by atoms with Crippen molar-refractivity contribution in [1.29, 1.82) is 0 Å². The second-order valence-corrected chi connectivity index (χ2v) is 5.94.